The van der Waals surface area contributed by atoms with Gasteiger partial charge in [0.2, 0.25) is 0 Å². The van der Waals surface area contributed by atoms with E-state index in [1.165, 1.54) is 25.6 Å². The summed E-state index contributed by atoms with van der Waals surface area (Å²) in [6.45, 7) is 3.75. The molecule has 0 fully saturated rings. The maximum Gasteiger partial charge on any atom is 0.336 e. The molecule has 7 heteroatoms. The number of carbonyl (C=O) groups excluding carboxylic acids is 2. The summed E-state index contributed by atoms with van der Waals surface area (Å²) in [7, 11) is 2.63. The van der Waals surface area contributed by atoms with Crippen LogP contribution in [0.4, 0.5) is 0 Å². The van der Waals surface area contributed by atoms with E-state index >= 15 is 0 Å². The highest BCUT2D eigenvalue weighted by atomic mass is 32.1. The first-order valence-corrected chi connectivity index (χ1v) is 8.35. The van der Waals surface area contributed by atoms with Crippen LogP contribution in [0.1, 0.15) is 24.6 Å². The highest BCUT2D eigenvalue weighted by Gasteiger charge is 2.40. The molecule has 0 spiro atoms. The lowest BCUT2D eigenvalue weighted by Crippen LogP contribution is -2.36. The molecule has 0 aliphatic carbocycles. The molecule has 0 amide bonds. The molecule has 0 saturated heterocycles. The summed E-state index contributed by atoms with van der Waals surface area (Å²) in [5.41, 5.74) is 2.11. The molecule has 0 aromatic carbocycles. The summed E-state index contributed by atoms with van der Waals surface area (Å²) in [6, 6.07) is 3.75. The van der Waals surface area contributed by atoms with Gasteiger partial charge in [-0.1, -0.05) is 6.07 Å². The topological polar surface area (TPSA) is 76.1 Å². The molecule has 0 saturated carbocycles. The lowest BCUT2D eigenvalue weighted by Gasteiger charge is -2.37. The molecule has 1 aromatic rings. The zero-order chi connectivity index (χ0) is 17.9. The highest BCUT2D eigenvalue weighted by molar-refractivity contribution is 7.10. The monoisotopic (exact) mass is 351 g/mol. The standard InChI is InChI=1S/C17H21NO5S/c1-10-13(16(20)22-3)15(12-6-5-9-24-12)14(17(21)23-4)11(2)18(10)7-8-19/h5-6,9,15,19H,7-8H2,1-4H3. The molecule has 130 valence electrons. The van der Waals surface area contributed by atoms with Crippen LogP contribution < -0.4 is 0 Å². The van der Waals surface area contributed by atoms with Crippen LogP contribution in [0.15, 0.2) is 40.1 Å². The number of nitrogens with zero attached hydrogens (tertiary/aromatic N) is 1. The number of hydrogen-bond donors (Lipinski definition) is 1. The fourth-order valence-electron chi connectivity index (χ4n) is 3.03. The maximum atomic E-state index is 12.5. The van der Waals surface area contributed by atoms with E-state index in [-0.39, 0.29) is 13.2 Å². The van der Waals surface area contributed by atoms with Gasteiger partial charge in [-0.05, 0) is 25.3 Å². The number of aliphatic hydroxyl groups excluding tert-OH is 1. The van der Waals surface area contributed by atoms with Gasteiger partial charge in [-0.2, -0.15) is 0 Å². The van der Waals surface area contributed by atoms with E-state index in [0.717, 1.165) is 4.88 Å². The van der Waals surface area contributed by atoms with Crippen LogP contribution in [0.3, 0.4) is 0 Å². The first-order valence-electron chi connectivity index (χ1n) is 7.47. The Balaban J connectivity index is 2.72. The van der Waals surface area contributed by atoms with Gasteiger partial charge in [0.1, 0.15) is 0 Å². The van der Waals surface area contributed by atoms with Gasteiger partial charge in [0.25, 0.3) is 0 Å². The van der Waals surface area contributed by atoms with Crippen LogP contribution in [0.2, 0.25) is 0 Å². The Hall–Kier alpha value is -2.12. The molecule has 0 atom stereocenters. The molecular weight excluding hydrogens is 330 g/mol. The number of β-amino-alcohol motifs (C(OH)–C–C–N with tert-alkyl or cyclic N) is 1. The fourth-order valence-corrected chi connectivity index (χ4v) is 3.87. The Morgan fingerprint density at radius 1 is 1.17 bits per heavy atom. The van der Waals surface area contributed by atoms with Gasteiger partial charge in [0, 0.05) is 22.8 Å². The maximum absolute atomic E-state index is 12.5. The number of thiophene rings is 1. The number of methoxy groups -OCH3 is 2. The fraction of sp³-hybridized carbons (Fsp3) is 0.412. The minimum atomic E-state index is -0.542. The van der Waals surface area contributed by atoms with E-state index in [9.17, 15) is 14.7 Å². The predicted octanol–water partition coefficient (Wildman–Crippen LogP) is 2.03. The van der Waals surface area contributed by atoms with Gasteiger partial charge in [0.15, 0.2) is 0 Å². The summed E-state index contributed by atoms with van der Waals surface area (Å²) < 4.78 is 9.91. The summed E-state index contributed by atoms with van der Waals surface area (Å²) in [5, 5.41) is 11.2. The third-order valence-corrected chi connectivity index (χ3v) is 5.07. The molecule has 6 nitrogen and oxygen atoms in total. The number of carbonyl (C=O) groups is 2. The average molecular weight is 351 g/mol. The van der Waals surface area contributed by atoms with Crippen LogP contribution in [0.25, 0.3) is 0 Å². The second-order valence-electron chi connectivity index (χ2n) is 5.31. The molecule has 1 aromatic heterocycles. The zero-order valence-corrected chi connectivity index (χ0v) is 15.0. The van der Waals surface area contributed by atoms with Gasteiger partial charge >= 0.3 is 11.9 Å². The first-order chi connectivity index (χ1) is 11.5. The number of rotatable bonds is 5. The average Bonchev–Trinajstić information content (AvgIpc) is 3.11. The molecule has 1 aliphatic rings. The Labute approximate surface area is 145 Å². The van der Waals surface area contributed by atoms with Gasteiger partial charge in [-0.3, -0.25) is 0 Å². The smallest absolute Gasteiger partial charge is 0.336 e. The van der Waals surface area contributed by atoms with E-state index in [0.29, 0.717) is 22.5 Å². The zero-order valence-electron chi connectivity index (χ0n) is 14.2. The van der Waals surface area contributed by atoms with Gasteiger partial charge in [-0.25, -0.2) is 9.59 Å². The van der Waals surface area contributed by atoms with Crippen molar-refractivity contribution in [3.8, 4) is 0 Å². The Kier molecular flexibility index (Phi) is 5.80. The highest BCUT2D eigenvalue weighted by Crippen LogP contribution is 2.43. The van der Waals surface area contributed by atoms with Crippen LogP contribution in [-0.2, 0) is 19.1 Å². The Morgan fingerprint density at radius 2 is 1.71 bits per heavy atom. The minimum absolute atomic E-state index is 0.110. The number of hydrogen-bond acceptors (Lipinski definition) is 7. The molecule has 0 bridgehead atoms. The normalized spacial score (nSPS) is 15.8. The van der Waals surface area contributed by atoms with Crippen LogP contribution >= 0.6 is 11.3 Å². The molecule has 1 aliphatic heterocycles. The van der Waals surface area contributed by atoms with Gasteiger partial charge in [0.05, 0.1) is 37.9 Å². The molecule has 0 unspecified atom stereocenters. The van der Waals surface area contributed by atoms with Crippen molar-refractivity contribution in [1.29, 1.82) is 0 Å². The van der Waals surface area contributed by atoms with Crippen molar-refractivity contribution < 1.29 is 24.2 Å². The third kappa shape index (κ3) is 3.09. The van der Waals surface area contributed by atoms with Crippen LogP contribution in [0.5, 0.6) is 0 Å². The first kappa shape index (κ1) is 18.2. The minimum Gasteiger partial charge on any atom is -0.466 e. The van der Waals surface area contributed by atoms with E-state index in [1.54, 1.807) is 18.7 Å². The predicted molar refractivity (Wildman–Crippen MR) is 90.3 cm³/mol. The van der Waals surface area contributed by atoms with Crippen molar-refractivity contribution in [3.63, 3.8) is 0 Å². The molecule has 2 heterocycles. The van der Waals surface area contributed by atoms with Crippen LogP contribution in [0, 0.1) is 0 Å². The second kappa shape index (κ2) is 7.63. The summed E-state index contributed by atoms with van der Waals surface area (Å²) in [5.74, 6) is -1.54. The van der Waals surface area contributed by atoms with Crippen LogP contribution in [-0.4, -0.2) is 49.3 Å². The number of esters is 2. The molecule has 1 N–H and O–H groups in total. The van der Waals surface area contributed by atoms with E-state index in [4.69, 9.17) is 9.47 Å². The number of aliphatic hydroxyl groups is 1. The molecular formula is C17H21NO5S. The largest absolute Gasteiger partial charge is 0.466 e. The SMILES string of the molecule is COC(=O)C1=C(C)N(CCO)C(C)=C(C(=O)OC)C1c1cccs1. The van der Waals surface area contributed by atoms with Crippen molar-refractivity contribution in [1.82, 2.24) is 4.90 Å². The van der Waals surface area contributed by atoms with E-state index in [2.05, 4.69) is 0 Å². The second-order valence-corrected chi connectivity index (χ2v) is 6.28. The van der Waals surface area contributed by atoms with Crippen molar-refractivity contribution in [2.45, 2.75) is 19.8 Å². The van der Waals surface area contributed by atoms with Gasteiger partial charge < -0.3 is 19.5 Å². The van der Waals surface area contributed by atoms with Crippen molar-refractivity contribution in [2.24, 2.45) is 0 Å². The van der Waals surface area contributed by atoms with Crippen molar-refractivity contribution >= 4 is 23.3 Å². The molecule has 2 rings (SSSR count). The summed E-state index contributed by atoms with van der Waals surface area (Å²) in [4.78, 5) is 27.5. The van der Waals surface area contributed by atoms with Crippen molar-refractivity contribution in [3.05, 3.63) is 44.9 Å². The van der Waals surface area contributed by atoms with E-state index in [1.807, 2.05) is 17.5 Å². The summed E-state index contributed by atoms with van der Waals surface area (Å²) in [6.07, 6.45) is 0. The quantitative estimate of drug-likeness (QED) is 0.818. The Bertz CT molecular complexity index is 650. The Morgan fingerprint density at radius 3 is 2.08 bits per heavy atom. The molecule has 0 radical (unpaired) electrons. The van der Waals surface area contributed by atoms with Gasteiger partial charge in [-0.15, -0.1) is 11.3 Å². The lowest BCUT2D eigenvalue weighted by molar-refractivity contribution is -0.137. The van der Waals surface area contributed by atoms with Crippen molar-refractivity contribution in [2.75, 3.05) is 27.4 Å². The third-order valence-electron chi connectivity index (χ3n) is 4.13. The number of ether oxygens (including phenoxy) is 2. The number of allylic oxidation sites excluding steroid dienone is 2. The van der Waals surface area contributed by atoms with E-state index < -0.39 is 17.9 Å². The molecule has 24 heavy (non-hydrogen) atoms. The lowest BCUT2D eigenvalue weighted by atomic mass is 9.83. The summed E-state index contributed by atoms with van der Waals surface area (Å²) >= 11 is 1.46.